The molecule has 0 aliphatic heterocycles. The third kappa shape index (κ3) is 2.61. The van der Waals surface area contributed by atoms with E-state index in [-0.39, 0.29) is 0 Å². The van der Waals surface area contributed by atoms with Gasteiger partial charge in [0.05, 0.1) is 0 Å². The molecule has 88 valence electrons. The van der Waals surface area contributed by atoms with Gasteiger partial charge in [-0.3, -0.25) is 5.43 Å². The van der Waals surface area contributed by atoms with Crippen LogP contribution in [0.2, 0.25) is 0 Å². The highest BCUT2D eigenvalue weighted by atomic mass is 32.1. The monoisotopic (exact) mass is 237 g/mol. The van der Waals surface area contributed by atoms with Crippen LogP contribution in [-0.4, -0.2) is 17.4 Å². The second-order valence-electron chi connectivity index (χ2n) is 4.48. The Morgan fingerprint density at radius 3 is 3.25 bits per heavy atom. The second-order valence-corrected chi connectivity index (χ2v) is 4.89. The maximum atomic E-state index is 5.13. The zero-order chi connectivity index (χ0) is 11.4. The second kappa shape index (κ2) is 5.43. The van der Waals surface area contributed by atoms with Gasteiger partial charge in [-0.1, -0.05) is 25.5 Å². The third-order valence-corrected chi connectivity index (χ3v) is 3.50. The smallest absolute Gasteiger partial charge is 0.186 e. The number of nitrogens with one attached hydrogen (secondary N) is 2. The molecule has 2 rings (SSSR count). The van der Waals surface area contributed by atoms with Gasteiger partial charge in [-0.2, -0.15) is 5.10 Å². The predicted molar refractivity (Wildman–Crippen MR) is 71.4 cm³/mol. The average Bonchev–Trinajstić information content (AvgIpc) is 2.61. The molecule has 2 unspecified atom stereocenters. The lowest BCUT2D eigenvalue weighted by atomic mass is 9.74. The van der Waals surface area contributed by atoms with E-state index >= 15 is 0 Å². The summed E-state index contributed by atoms with van der Waals surface area (Å²) in [6.07, 6.45) is 9.20. The van der Waals surface area contributed by atoms with Crippen LogP contribution in [0.1, 0.15) is 32.6 Å². The van der Waals surface area contributed by atoms with Crippen LogP contribution < -0.4 is 10.7 Å². The van der Waals surface area contributed by atoms with Crippen molar-refractivity contribution in [2.24, 2.45) is 16.9 Å². The van der Waals surface area contributed by atoms with Crippen molar-refractivity contribution in [3.63, 3.8) is 0 Å². The number of hydrogen-bond acceptors (Lipinski definition) is 2. The van der Waals surface area contributed by atoms with E-state index in [0.29, 0.717) is 11.0 Å². The van der Waals surface area contributed by atoms with Crippen molar-refractivity contribution in [3.05, 3.63) is 12.2 Å². The Morgan fingerprint density at radius 2 is 2.50 bits per heavy atom. The summed E-state index contributed by atoms with van der Waals surface area (Å²) < 4.78 is 0. The van der Waals surface area contributed by atoms with Gasteiger partial charge >= 0.3 is 0 Å². The van der Waals surface area contributed by atoms with Gasteiger partial charge in [0, 0.05) is 18.2 Å². The Bertz CT molecular complexity index is 322. The molecule has 16 heavy (non-hydrogen) atoms. The minimum absolute atomic E-state index is 0.589. The van der Waals surface area contributed by atoms with Crippen LogP contribution in [0.3, 0.4) is 0 Å². The lowest BCUT2D eigenvalue weighted by Crippen LogP contribution is -2.38. The molecule has 0 heterocycles. The fourth-order valence-electron chi connectivity index (χ4n) is 2.20. The number of hydrogen-bond donors (Lipinski definition) is 2. The Kier molecular flexibility index (Phi) is 3.93. The lowest BCUT2D eigenvalue weighted by Gasteiger charge is -2.31. The molecule has 0 amide bonds. The molecule has 0 radical (unpaired) electrons. The summed E-state index contributed by atoms with van der Waals surface area (Å²) in [4.78, 5) is 0. The highest BCUT2D eigenvalue weighted by molar-refractivity contribution is 7.80. The van der Waals surface area contributed by atoms with Crippen LogP contribution in [0.5, 0.6) is 0 Å². The summed E-state index contributed by atoms with van der Waals surface area (Å²) in [7, 11) is 0. The molecule has 0 saturated heterocycles. The first-order valence-corrected chi connectivity index (χ1v) is 6.49. The molecule has 4 heteroatoms. The molecule has 0 aromatic carbocycles. The summed E-state index contributed by atoms with van der Waals surface area (Å²) >= 11 is 5.13. The van der Waals surface area contributed by atoms with Gasteiger partial charge in [-0.05, 0) is 37.4 Å². The van der Waals surface area contributed by atoms with Gasteiger partial charge < -0.3 is 5.32 Å². The van der Waals surface area contributed by atoms with Crippen molar-refractivity contribution in [1.29, 1.82) is 0 Å². The Morgan fingerprint density at radius 1 is 1.62 bits per heavy atom. The molecule has 2 aliphatic carbocycles. The molecule has 2 atom stereocenters. The van der Waals surface area contributed by atoms with Crippen molar-refractivity contribution in [1.82, 2.24) is 10.7 Å². The molecule has 0 aromatic rings. The molecule has 3 nitrogen and oxygen atoms in total. The molecule has 2 N–H and O–H groups in total. The van der Waals surface area contributed by atoms with Gasteiger partial charge in [-0.25, -0.2) is 0 Å². The fraction of sp³-hybridized carbons (Fsp3) is 0.667. The van der Waals surface area contributed by atoms with Crippen molar-refractivity contribution < 1.29 is 0 Å². The number of thiocarbonyl (C=S) groups is 1. The number of hydrazone groups is 1. The minimum atomic E-state index is 0.589. The van der Waals surface area contributed by atoms with E-state index in [1.54, 1.807) is 0 Å². The third-order valence-electron chi connectivity index (χ3n) is 3.26. The number of rotatable bonds is 4. The summed E-state index contributed by atoms with van der Waals surface area (Å²) in [5.74, 6) is 1.41. The van der Waals surface area contributed by atoms with Crippen LogP contribution in [0.15, 0.2) is 17.3 Å². The predicted octanol–water partition coefficient (Wildman–Crippen LogP) is 2.20. The number of unbranched alkanes of at least 4 members (excludes halogenated alkanes) is 1. The molecule has 0 bridgehead atoms. The van der Waals surface area contributed by atoms with E-state index in [4.69, 9.17) is 12.2 Å². The summed E-state index contributed by atoms with van der Waals surface area (Å²) in [6.45, 7) is 3.10. The molecule has 2 aliphatic rings. The van der Waals surface area contributed by atoms with Crippen LogP contribution in [0.4, 0.5) is 0 Å². The number of fused-ring (bicyclic) bond motifs is 1. The number of nitrogens with zero attached hydrogens (tertiary/aromatic N) is 1. The zero-order valence-electron chi connectivity index (χ0n) is 9.70. The lowest BCUT2D eigenvalue weighted by molar-refractivity contribution is 0.444. The normalized spacial score (nSPS) is 28.7. The van der Waals surface area contributed by atoms with Gasteiger partial charge in [-0.15, -0.1) is 0 Å². The Hall–Kier alpha value is -0.900. The standard InChI is InChI=1S/C12H19N3S/c1-2-3-7-13-12(16)15-14-11-8-9-5-4-6-10(9)11/h4,6,9-10H,2-3,5,7-8H2,1H3,(H2,13,15,16). The SMILES string of the molecule is CCCCNC(=S)NN=C1CC2CC=CC12. The largest absolute Gasteiger partial charge is 0.361 e. The first-order valence-electron chi connectivity index (χ1n) is 6.08. The summed E-state index contributed by atoms with van der Waals surface area (Å²) in [5, 5.41) is 8.15. The van der Waals surface area contributed by atoms with Crippen LogP contribution in [-0.2, 0) is 0 Å². The minimum Gasteiger partial charge on any atom is -0.361 e. The fourth-order valence-corrected chi connectivity index (χ4v) is 2.35. The highest BCUT2D eigenvalue weighted by Gasteiger charge is 2.37. The first-order chi connectivity index (χ1) is 7.81. The average molecular weight is 237 g/mol. The molecule has 0 aromatic heterocycles. The van der Waals surface area contributed by atoms with Gasteiger partial charge in [0.1, 0.15) is 0 Å². The summed E-state index contributed by atoms with van der Waals surface area (Å²) in [6, 6.07) is 0. The van der Waals surface area contributed by atoms with E-state index in [0.717, 1.165) is 25.3 Å². The van der Waals surface area contributed by atoms with E-state index in [1.807, 2.05) is 0 Å². The highest BCUT2D eigenvalue weighted by Crippen LogP contribution is 2.39. The molecule has 1 saturated carbocycles. The molecular formula is C12H19N3S. The summed E-state index contributed by atoms with van der Waals surface area (Å²) in [5.41, 5.74) is 4.18. The van der Waals surface area contributed by atoms with E-state index in [2.05, 4.69) is 34.9 Å². The van der Waals surface area contributed by atoms with Crippen LogP contribution >= 0.6 is 12.2 Å². The van der Waals surface area contributed by atoms with Gasteiger partial charge in [0.15, 0.2) is 5.11 Å². The quantitative estimate of drug-likeness (QED) is 0.341. The Balaban J connectivity index is 1.69. The van der Waals surface area contributed by atoms with Crippen LogP contribution in [0, 0.1) is 11.8 Å². The van der Waals surface area contributed by atoms with E-state index in [1.165, 1.54) is 18.6 Å². The van der Waals surface area contributed by atoms with Gasteiger partial charge in [0.2, 0.25) is 0 Å². The first kappa shape index (κ1) is 11.6. The molecule has 0 spiro atoms. The molecule has 1 fully saturated rings. The maximum Gasteiger partial charge on any atom is 0.186 e. The van der Waals surface area contributed by atoms with E-state index < -0.39 is 0 Å². The Labute approximate surface area is 102 Å². The topological polar surface area (TPSA) is 36.4 Å². The van der Waals surface area contributed by atoms with Crippen molar-refractivity contribution in [2.75, 3.05) is 6.54 Å². The van der Waals surface area contributed by atoms with Gasteiger partial charge in [0.25, 0.3) is 0 Å². The maximum absolute atomic E-state index is 5.13. The number of allylic oxidation sites excluding steroid dienone is 2. The van der Waals surface area contributed by atoms with Crippen molar-refractivity contribution in [2.45, 2.75) is 32.6 Å². The van der Waals surface area contributed by atoms with Crippen molar-refractivity contribution >= 4 is 23.0 Å². The van der Waals surface area contributed by atoms with Crippen molar-refractivity contribution in [3.8, 4) is 0 Å². The van der Waals surface area contributed by atoms with E-state index in [9.17, 15) is 0 Å². The van der Waals surface area contributed by atoms with Crippen LogP contribution in [0.25, 0.3) is 0 Å². The molecular weight excluding hydrogens is 218 g/mol. The zero-order valence-corrected chi connectivity index (χ0v) is 10.5.